The van der Waals surface area contributed by atoms with Crippen molar-refractivity contribution in [2.45, 2.75) is 13.8 Å². The first kappa shape index (κ1) is 14.1. The number of carbonyl (C=O) groups excluding carboxylic acids is 2. The molecule has 0 aromatic heterocycles. The lowest BCUT2D eigenvalue weighted by molar-refractivity contribution is -0.110. The number of nitrogens with one attached hydrogen (secondary N) is 2. The van der Waals surface area contributed by atoms with Gasteiger partial charge >= 0.3 is 0 Å². The van der Waals surface area contributed by atoms with E-state index < -0.39 is 0 Å². The Hall–Kier alpha value is -2.88. The van der Waals surface area contributed by atoms with E-state index in [2.05, 4.69) is 10.6 Å². The second kappa shape index (κ2) is 5.48. The minimum atomic E-state index is -0.174. The lowest BCUT2D eigenvalue weighted by Gasteiger charge is -2.07. The van der Waals surface area contributed by atoms with Gasteiger partial charge in [-0.1, -0.05) is 29.8 Å². The molecule has 0 unspecified atom stereocenters. The monoisotopic (exact) mass is 292 g/mol. The van der Waals surface area contributed by atoms with Crippen LogP contribution in [0, 0.1) is 0 Å². The Morgan fingerprint density at radius 1 is 1.05 bits per heavy atom. The van der Waals surface area contributed by atoms with Crippen molar-refractivity contribution in [3.8, 4) is 0 Å². The van der Waals surface area contributed by atoms with Crippen LogP contribution < -0.4 is 10.6 Å². The van der Waals surface area contributed by atoms with E-state index in [0.29, 0.717) is 16.8 Å². The Balaban J connectivity index is 1.87. The number of amides is 2. The summed E-state index contributed by atoms with van der Waals surface area (Å²) in [6.07, 6.45) is 0. The number of carbonyl (C=O) groups is 2. The number of rotatable bonds is 2. The molecule has 0 aliphatic carbocycles. The smallest absolute Gasteiger partial charge is 0.256 e. The molecule has 4 nitrogen and oxygen atoms in total. The molecule has 0 saturated carbocycles. The van der Waals surface area contributed by atoms with Gasteiger partial charge in [0.15, 0.2) is 0 Å². The molecule has 0 radical (unpaired) electrons. The fourth-order valence-electron chi connectivity index (χ4n) is 2.54. The highest BCUT2D eigenvalue weighted by atomic mass is 16.2. The maximum Gasteiger partial charge on any atom is 0.256 e. The summed E-state index contributed by atoms with van der Waals surface area (Å²) in [4.78, 5) is 24.1. The number of benzene rings is 2. The predicted molar refractivity (Wildman–Crippen MR) is 87.7 cm³/mol. The summed E-state index contributed by atoms with van der Waals surface area (Å²) in [7, 11) is 0. The lowest BCUT2D eigenvalue weighted by atomic mass is 10.0. The molecule has 1 aliphatic rings. The van der Waals surface area contributed by atoms with Crippen molar-refractivity contribution in [3.63, 3.8) is 0 Å². The van der Waals surface area contributed by atoms with Crippen LogP contribution in [0.25, 0.3) is 5.57 Å². The molecular formula is C18H16N2O2. The van der Waals surface area contributed by atoms with Crippen LogP contribution in [0.1, 0.15) is 29.8 Å². The molecule has 2 amide bonds. The number of hydrogen-bond donors (Lipinski definition) is 2. The fourth-order valence-corrected chi connectivity index (χ4v) is 2.54. The van der Waals surface area contributed by atoms with Gasteiger partial charge in [0.25, 0.3) is 11.8 Å². The first-order chi connectivity index (χ1) is 10.6. The van der Waals surface area contributed by atoms with E-state index in [0.717, 1.165) is 16.8 Å². The van der Waals surface area contributed by atoms with Gasteiger partial charge in [-0.3, -0.25) is 9.59 Å². The van der Waals surface area contributed by atoms with Crippen molar-refractivity contribution in [1.29, 1.82) is 0 Å². The second-order valence-electron chi connectivity index (χ2n) is 5.41. The van der Waals surface area contributed by atoms with Gasteiger partial charge in [0, 0.05) is 22.4 Å². The molecular weight excluding hydrogens is 276 g/mol. The normalized spacial score (nSPS) is 12.6. The molecule has 2 N–H and O–H groups in total. The Bertz CT molecular complexity index is 788. The zero-order valence-electron chi connectivity index (χ0n) is 12.4. The fraction of sp³-hybridized carbons (Fsp3) is 0.111. The van der Waals surface area contributed by atoms with E-state index in [4.69, 9.17) is 0 Å². The third kappa shape index (κ3) is 2.51. The Labute approximate surface area is 128 Å². The van der Waals surface area contributed by atoms with Crippen molar-refractivity contribution >= 4 is 28.8 Å². The molecule has 0 atom stereocenters. The van der Waals surface area contributed by atoms with Crippen molar-refractivity contribution < 1.29 is 9.59 Å². The minimum absolute atomic E-state index is 0.0958. The number of hydrogen-bond acceptors (Lipinski definition) is 2. The van der Waals surface area contributed by atoms with Gasteiger partial charge in [-0.25, -0.2) is 0 Å². The predicted octanol–water partition coefficient (Wildman–Crippen LogP) is 3.68. The van der Waals surface area contributed by atoms with Crippen molar-refractivity contribution in [2.75, 3.05) is 10.6 Å². The van der Waals surface area contributed by atoms with Crippen molar-refractivity contribution in [3.05, 3.63) is 65.2 Å². The largest absolute Gasteiger partial charge is 0.322 e. The Morgan fingerprint density at radius 3 is 2.45 bits per heavy atom. The SMILES string of the molecule is CC(C)=C1C(=O)Nc2cc(NC(=O)c3ccccc3)ccc21. The van der Waals surface area contributed by atoms with Gasteiger partial charge in [0.2, 0.25) is 0 Å². The molecule has 2 aromatic rings. The first-order valence-electron chi connectivity index (χ1n) is 7.06. The Morgan fingerprint density at radius 2 is 1.77 bits per heavy atom. The first-order valence-corrected chi connectivity index (χ1v) is 7.06. The van der Waals surface area contributed by atoms with Crippen molar-refractivity contribution in [1.82, 2.24) is 0 Å². The van der Waals surface area contributed by atoms with Crippen LogP contribution in [0.4, 0.5) is 11.4 Å². The van der Waals surface area contributed by atoms with Crippen molar-refractivity contribution in [2.24, 2.45) is 0 Å². The van der Waals surface area contributed by atoms with E-state index in [1.807, 2.05) is 44.2 Å². The molecule has 4 heteroatoms. The molecule has 3 rings (SSSR count). The minimum Gasteiger partial charge on any atom is -0.322 e. The molecule has 110 valence electrons. The van der Waals surface area contributed by atoms with Crippen LogP contribution in [-0.4, -0.2) is 11.8 Å². The Kier molecular flexibility index (Phi) is 3.51. The summed E-state index contributed by atoms with van der Waals surface area (Å²) in [6.45, 7) is 3.82. The average Bonchev–Trinajstić information content (AvgIpc) is 2.83. The summed E-state index contributed by atoms with van der Waals surface area (Å²) < 4.78 is 0. The second-order valence-corrected chi connectivity index (χ2v) is 5.41. The molecule has 0 bridgehead atoms. The molecule has 22 heavy (non-hydrogen) atoms. The van der Waals surface area contributed by atoms with Crippen LogP contribution in [0.5, 0.6) is 0 Å². The van der Waals surface area contributed by atoms with Gasteiger partial charge < -0.3 is 10.6 Å². The third-order valence-corrected chi connectivity index (χ3v) is 3.56. The number of anilines is 2. The lowest BCUT2D eigenvalue weighted by Crippen LogP contribution is -2.11. The van der Waals surface area contributed by atoms with Gasteiger partial charge in [-0.2, -0.15) is 0 Å². The topological polar surface area (TPSA) is 58.2 Å². The van der Waals surface area contributed by atoms with E-state index in [-0.39, 0.29) is 11.8 Å². The van der Waals surface area contributed by atoms with E-state index in [1.165, 1.54) is 0 Å². The summed E-state index contributed by atoms with van der Waals surface area (Å²) >= 11 is 0. The summed E-state index contributed by atoms with van der Waals surface area (Å²) in [5, 5.41) is 5.67. The maximum absolute atomic E-state index is 12.1. The van der Waals surface area contributed by atoms with Gasteiger partial charge in [-0.15, -0.1) is 0 Å². The number of fused-ring (bicyclic) bond motifs is 1. The van der Waals surface area contributed by atoms with Crippen LogP contribution >= 0.6 is 0 Å². The quantitative estimate of drug-likeness (QED) is 0.829. The molecule has 0 saturated heterocycles. The van der Waals surface area contributed by atoms with Crippen LogP contribution in [0.15, 0.2) is 54.1 Å². The molecule has 2 aromatic carbocycles. The molecule has 0 fully saturated rings. The molecule has 1 aliphatic heterocycles. The van der Waals surface area contributed by atoms with Gasteiger partial charge in [-0.05, 0) is 38.1 Å². The summed E-state index contributed by atoms with van der Waals surface area (Å²) in [5.74, 6) is -0.270. The van der Waals surface area contributed by atoms with Gasteiger partial charge in [0.1, 0.15) is 0 Å². The van der Waals surface area contributed by atoms with Crippen LogP contribution in [0.3, 0.4) is 0 Å². The van der Waals surface area contributed by atoms with Crippen LogP contribution in [0.2, 0.25) is 0 Å². The highest BCUT2D eigenvalue weighted by Gasteiger charge is 2.25. The molecule has 0 spiro atoms. The van der Waals surface area contributed by atoms with Crippen LogP contribution in [-0.2, 0) is 4.79 Å². The van der Waals surface area contributed by atoms with Gasteiger partial charge in [0.05, 0.1) is 5.69 Å². The number of allylic oxidation sites excluding steroid dienone is 1. The highest BCUT2D eigenvalue weighted by molar-refractivity contribution is 6.32. The third-order valence-electron chi connectivity index (χ3n) is 3.56. The highest BCUT2D eigenvalue weighted by Crippen LogP contribution is 2.35. The summed E-state index contributed by atoms with van der Waals surface area (Å²) in [5.41, 5.74) is 4.53. The average molecular weight is 292 g/mol. The zero-order valence-corrected chi connectivity index (χ0v) is 12.4. The molecule has 1 heterocycles. The van der Waals surface area contributed by atoms with E-state index >= 15 is 0 Å². The van der Waals surface area contributed by atoms with E-state index in [1.54, 1.807) is 18.2 Å². The summed E-state index contributed by atoms with van der Waals surface area (Å²) in [6, 6.07) is 14.5. The van der Waals surface area contributed by atoms with E-state index in [9.17, 15) is 9.59 Å². The maximum atomic E-state index is 12.1. The standard InChI is InChI=1S/C18H16N2O2/c1-11(2)16-14-9-8-13(10-15(14)20-18(16)22)19-17(21)12-6-4-3-5-7-12/h3-10H,1-2H3,(H,19,21)(H,20,22). The zero-order chi connectivity index (χ0) is 15.7.